The molecule has 0 spiro atoms. The van der Waals surface area contributed by atoms with Crippen molar-refractivity contribution >= 4 is 0 Å². The molecule has 2 aliphatic rings. The van der Waals surface area contributed by atoms with Gasteiger partial charge in [-0.25, -0.2) is 0 Å². The Bertz CT molecular complexity index is 149. The number of likely N-dealkylation sites (tertiary alicyclic amines) is 1. The van der Waals surface area contributed by atoms with Crippen LogP contribution in [0.4, 0.5) is 0 Å². The molecule has 0 radical (unpaired) electrons. The molecule has 2 N–H and O–H groups in total. The van der Waals surface area contributed by atoms with Crippen molar-refractivity contribution in [3.63, 3.8) is 0 Å². The minimum atomic E-state index is -0.0638. The van der Waals surface area contributed by atoms with E-state index in [1.54, 1.807) is 0 Å². The van der Waals surface area contributed by atoms with Gasteiger partial charge in [-0.3, -0.25) is 4.90 Å². The molecule has 2 heterocycles. The van der Waals surface area contributed by atoms with E-state index in [1.165, 1.54) is 12.8 Å². The van der Waals surface area contributed by atoms with E-state index in [4.69, 9.17) is 5.11 Å². The molecular formula is C9H18N2O. The van der Waals surface area contributed by atoms with Gasteiger partial charge in [-0.2, -0.15) is 0 Å². The van der Waals surface area contributed by atoms with E-state index >= 15 is 0 Å². The summed E-state index contributed by atoms with van der Waals surface area (Å²) in [5.74, 6) is 0.826. The summed E-state index contributed by atoms with van der Waals surface area (Å²) in [6, 6.07) is 0. The highest BCUT2D eigenvalue weighted by molar-refractivity contribution is 4.86. The van der Waals surface area contributed by atoms with Gasteiger partial charge in [-0.05, 0) is 25.3 Å². The lowest BCUT2D eigenvalue weighted by molar-refractivity contribution is -0.0426. The molecule has 2 fully saturated rings. The van der Waals surface area contributed by atoms with Gasteiger partial charge in [0.1, 0.15) is 0 Å². The van der Waals surface area contributed by atoms with Gasteiger partial charge in [-0.15, -0.1) is 0 Å². The molecule has 0 aromatic carbocycles. The fourth-order valence-electron chi connectivity index (χ4n) is 2.04. The molecule has 3 heteroatoms. The standard InChI is InChI=1S/C9H18N2O/c1-7-2-3-9(10-4-7)11-5-8(12)6-11/h7-10,12H,2-6H2,1H3. The zero-order valence-electron chi connectivity index (χ0n) is 7.66. The molecule has 2 aliphatic heterocycles. The Labute approximate surface area is 73.8 Å². The highest BCUT2D eigenvalue weighted by atomic mass is 16.3. The van der Waals surface area contributed by atoms with E-state index in [2.05, 4.69) is 17.1 Å². The van der Waals surface area contributed by atoms with Gasteiger partial charge < -0.3 is 10.4 Å². The van der Waals surface area contributed by atoms with E-state index in [9.17, 15) is 0 Å². The van der Waals surface area contributed by atoms with Crippen LogP contribution in [0.1, 0.15) is 19.8 Å². The molecule has 2 saturated heterocycles. The second kappa shape index (κ2) is 3.32. The summed E-state index contributed by atoms with van der Waals surface area (Å²) in [6.07, 6.45) is 3.05. The summed E-state index contributed by atoms with van der Waals surface area (Å²) in [5.41, 5.74) is 0. The van der Waals surface area contributed by atoms with Gasteiger partial charge >= 0.3 is 0 Å². The van der Waals surface area contributed by atoms with Crippen LogP contribution in [0, 0.1) is 5.92 Å². The number of nitrogens with one attached hydrogen (secondary N) is 1. The van der Waals surface area contributed by atoms with Gasteiger partial charge in [0.2, 0.25) is 0 Å². The lowest BCUT2D eigenvalue weighted by Crippen LogP contribution is -2.61. The third-order valence-corrected chi connectivity index (χ3v) is 2.97. The van der Waals surface area contributed by atoms with Crippen molar-refractivity contribution in [1.29, 1.82) is 0 Å². The Kier molecular flexibility index (Phi) is 2.35. The van der Waals surface area contributed by atoms with Crippen molar-refractivity contribution in [1.82, 2.24) is 10.2 Å². The first-order valence-electron chi connectivity index (χ1n) is 4.91. The Balaban J connectivity index is 1.75. The third kappa shape index (κ3) is 1.63. The summed E-state index contributed by atoms with van der Waals surface area (Å²) in [6.45, 7) is 5.16. The third-order valence-electron chi connectivity index (χ3n) is 2.97. The van der Waals surface area contributed by atoms with E-state index in [0.717, 1.165) is 25.6 Å². The van der Waals surface area contributed by atoms with Crippen LogP contribution in [0.15, 0.2) is 0 Å². The smallest absolute Gasteiger partial charge is 0.0795 e. The van der Waals surface area contributed by atoms with Crippen LogP contribution in [-0.4, -0.2) is 41.9 Å². The van der Waals surface area contributed by atoms with Gasteiger partial charge in [0.25, 0.3) is 0 Å². The number of β-amino-alcohol motifs (C(OH)–C–C–N with tert-alkyl or cyclic N) is 1. The predicted molar refractivity (Wildman–Crippen MR) is 47.8 cm³/mol. The first-order valence-corrected chi connectivity index (χ1v) is 4.91. The summed E-state index contributed by atoms with van der Waals surface area (Å²) in [4.78, 5) is 2.33. The number of hydrogen-bond donors (Lipinski definition) is 2. The van der Waals surface area contributed by atoms with Crippen molar-refractivity contribution in [2.45, 2.75) is 32.0 Å². The molecule has 0 aliphatic carbocycles. The Morgan fingerprint density at radius 3 is 2.58 bits per heavy atom. The molecule has 0 aromatic rings. The lowest BCUT2D eigenvalue weighted by Gasteiger charge is -2.44. The average Bonchev–Trinajstić information content (AvgIpc) is 2.01. The number of aliphatic hydroxyl groups excluding tert-OH is 1. The first kappa shape index (κ1) is 8.48. The van der Waals surface area contributed by atoms with Crippen LogP contribution < -0.4 is 5.32 Å². The van der Waals surface area contributed by atoms with Gasteiger partial charge in [0.15, 0.2) is 0 Å². The van der Waals surface area contributed by atoms with Gasteiger partial charge in [0, 0.05) is 13.1 Å². The highest BCUT2D eigenvalue weighted by Crippen LogP contribution is 2.20. The summed E-state index contributed by atoms with van der Waals surface area (Å²) in [7, 11) is 0. The van der Waals surface area contributed by atoms with Crippen LogP contribution in [0.5, 0.6) is 0 Å². The lowest BCUT2D eigenvalue weighted by atomic mass is 9.97. The molecule has 12 heavy (non-hydrogen) atoms. The number of aliphatic hydroxyl groups is 1. The van der Waals surface area contributed by atoms with Crippen molar-refractivity contribution in [2.75, 3.05) is 19.6 Å². The maximum absolute atomic E-state index is 9.13. The first-order chi connectivity index (χ1) is 5.75. The fourth-order valence-corrected chi connectivity index (χ4v) is 2.04. The molecule has 70 valence electrons. The molecule has 2 unspecified atom stereocenters. The zero-order valence-corrected chi connectivity index (χ0v) is 7.66. The molecule has 0 bridgehead atoms. The van der Waals surface area contributed by atoms with Gasteiger partial charge in [-0.1, -0.05) is 6.92 Å². The number of nitrogens with zero attached hydrogens (tertiary/aromatic N) is 1. The molecule has 2 rings (SSSR count). The van der Waals surface area contributed by atoms with Crippen LogP contribution in [-0.2, 0) is 0 Å². The Morgan fingerprint density at radius 2 is 2.08 bits per heavy atom. The van der Waals surface area contributed by atoms with E-state index in [-0.39, 0.29) is 6.10 Å². The van der Waals surface area contributed by atoms with Crippen molar-refractivity contribution in [3.8, 4) is 0 Å². The van der Waals surface area contributed by atoms with Crippen LogP contribution in [0.2, 0.25) is 0 Å². The van der Waals surface area contributed by atoms with Crippen LogP contribution in [0.25, 0.3) is 0 Å². The molecule has 0 saturated carbocycles. The zero-order chi connectivity index (χ0) is 8.55. The minimum absolute atomic E-state index is 0.0638. The fraction of sp³-hybridized carbons (Fsp3) is 1.00. The molecule has 0 aromatic heterocycles. The van der Waals surface area contributed by atoms with E-state index < -0.39 is 0 Å². The van der Waals surface area contributed by atoms with Crippen LogP contribution >= 0.6 is 0 Å². The topological polar surface area (TPSA) is 35.5 Å². The Morgan fingerprint density at radius 1 is 1.33 bits per heavy atom. The number of hydrogen-bond acceptors (Lipinski definition) is 3. The Hall–Kier alpha value is -0.120. The SMILES string of the molecule is CC1CCC(N2CC(O)C2)NC1. The maximum Gasteiger partial charge on any atom is 0.0795 e. The monoisotopic (exact) mass is 170 g/mol. The largest absolute Gasteiger partial charge is 0.390 e. The van der Waals surface area contributed by atoms with Crippen molar-refractivity contribution < 1.29 is 5.11 Å². The molecule has 3 nitrogen and oxygen atoms in total. The van der Waals surface area contributed by atoms with E-state index in [1.807, 2.05) is 0 Å². The van der Waals surface area contributed by atoms with Crippen molar-refractivity contribution in [2.24, 2.45) is 5.92 Å². The van der Waals surface area contributed by atoms with E-state index in [0.29, 0.717) is 6.17 Å². The minimum Gasteiger partial charge on any atom is -0.390 e. The van der Waals surface area contributed by atoms with Crippen LogP contribution in [0.3, 0.4) is 0 Å². The van der Waals surface area contributed by atoms with Gasteiger partial charge in [0.05, 0.1) is 12.3 Å². The normalized spacial score (nSPS) is 39.5. The summed E-state index contributed by atoms with van der Waals surface area (Å²) < 4.78 is 0. The predicted octanol–water partition coefficient (Wildman–Crippen LogP) is 0.00850. The average molecular weight is 170 g/mol. The quantitative estimate of drug-likeness (QED) is 0.582. The molecule has 0 amide bonds. The summed E-state index contributed by atoms with van der Waals surface area (Å²) in [5, 5.41) is 12.6. The molecule has 2 atom stereocenters. The second-order valence-corrected chi connectivity index (χ2v) is 4.21. The summed E-state index contributed by atoms with van der Waals surface area (Å²) >= 11 is 0. The maximum atomic E-state index is 9.13. The number of piperidine rings is 1. The highest BCUT2D eigenvalue weighted by Gasteiger charge is 2.32. The molecular weight excluding hydrogens is 152 g/mol. The second-order valence-electron chi connectivity index (χ2n) is 4.21. The van der Waals surface area contributed by atoms with Crippen molar-refractivity contribution in [3.05, 3.63) is 0 Å². The number of rotatable bonds is 1.